The lowest BCUT2D eigenvalue weighted by Crippen LogP contribution is -2.06. The van der Waals surface area contributed by atoms with Gasteiger partial charge in [0.05, 0.1) is 13.0 Å². The number of carboxylic acid groups (broad SMARTS) is 2. The van der Waals surface area contributed by atoms with Crippen LogP contribution in [0.4, 0.5) is 0 Å². The van der Waals surface area contributed by atoms with Crippen molar-refractivity contribution in [3.05, 3.63) is 29.8 Å². The second-order valence-corrected chi connectivity index (χ2v) is 3.52. The van der Waals surface area contributed by atoms with E-state index in [4.69, 9.17) is 14.9 Å². The highest BCUT2D eigenvalue weighted by molar-refractivity contribution is 5.71. The van der Waals surface area contributed by atoms with Crippen molar-refractivity contribution in [2.75, 3.05) is 6.61 Å². The van der Waals surface area contributed by atoms with Gasteiger partial charge in [0.2, 0.25) is 0 Å². The molecule has 0 saturated carbocycles. The molecule has 0 unspecified atom stereocenters. The summed E-state index contributed by atoms with van der Waals surface area (Å²) in [5.74, 6) is -1.29. The van der Waals surface area contributed by atoms with E-state index in [1.54, 1.807) is 24.3 Å². The van der Waals surface area contributed by atoms with Crippen molar-refractivity contribution in [3.63, 3.8) is 0 Å². The predicted molar refractivity (Wildman–Crippen MR) is 60.1 cm³/mol. The van der Waals surface area contributed by atoms with Gasteiger partial charge in [-0.15, -0.1) is 0 Å². The van der Waals surface area contributed by atoms with Crippen LogP contribution in [0.5, 0.6) is 5.75 Å². The van der Waals surface area contributed by atoms with Crippen LogP contribution in [-0.4, -0.2) is 28.8 Å². The molecular weight excluding hydrogens is 224 g/mol. The maximum atomic E-state index is 10.6. The number of rotatable bonds is 7. The molecule has 0 amide bonds. The first-order valence-electron chi connectivity index (χ1n) is 5.24. The zero-order valence-electron chi connectivity index (χ0n) is 9.26. The van der Waals surface area contributed by atoms with Crippen molar-refractivity contribution in [1.82, 2.24) is 0 Å². The quantitative estimate of drug-likeness (QED) is 0.704. The number of ether oxygens (including phenoxy) is 1. The molecule has 2 N–H and O–H groups in total. The lowest BCUT2D eigenvalue weighted by Gasteiger charge is -2.09. The van der Waals surface area contributed by atoms with E-state index >= 15 is 0 Å². The van der Waals surface area contributed by atoms with E-state index in [0.29, 0.717) is 17.7 Å². The molecule has 0 aliphatic heterocycles. The summed E-state index contributed by atoms with van der Waals surface area (Å²) in [4.78, 5) is 20.9. The number of carbonyl (C=O) groups is 2. The molecule has 0 aliphatic rings. The number of carboxylic acids is 2. The summed E-state index contributed by atoms with van der Waals surface area (Å²) in [5, 5.41) is 17.2. The molecule has 0 saturated heterocycles. The lowest BCUT2D eigenvalue weighted by molar-refractivity contribution is -0.137. The topological polar surface area (TPSA) is 83.8 Å². The number of hydrogen-bond donors (Lipinski definition) is 2. The molecule has 5 heteroatoms. The molecule has 0 spiro atoms. The fraction of sp³-hybridized carbons (Fsp3) is 0.333. The van der Waals surface area contributed by atoms with Gasteiger partial charge in [-0.1, -0.05) is 18.2 Å². The van der Waals surface area contributed by atoms with Crippen molar-refractivity contribution >= 4 is 11.9 Å². The Morgan fingerprint density at radius 3 is 2.47 bits per heavy atom. The molecule has 0 atom stereocenters. The van der Waals surface area contributed by atoms with Crippen LogP contribution in [0, 0.1) is 0 Å². The Labute approximate surface area is 98.6 Å². The van der Waals surface area contributed by atoms with Crippen molar-refractivity contribution < 1.29 is 24.5 Å². The van der Waals surface area contributed by atoms with Gasteiger partial charge in [-0.25, -0.2) is 0 Å². The van der Waals surface area contributed by atoms with E-state index in [2.05, 4.69) is 0 Å². The zero-order valence-corrected chi connectivity index (χ0v) is 9.26. The van der Waals surface area contributed by atoms with Crippen LogP contribution in [0.3, 0.4) is 0 Å². The number of aliphatic carboxylic acids is 2. The molecule has 1 rings (SSSR count). The molecule has 0 bridgehead atoms. The lowest BCUT2D eigenvalue weighted by atomic mass is 10.1. The molecule has 1 aromatic rings. The highest BCUT2D eigenvalue weighted by Crippen LogP contribution is 2.18. The van der Waals surface area contributed by atoms with Crippen LogP contribution in [0.1, 0.15) is 18.4 Å². The van der Waals surface area contributed by atoms with Gasteiger partial charge in [0.15, 0.2) is 0 Å². The fourth-order valence-corrected chi connectivity index (χ4v) is 1.36. The Morgan fingerprint density at radius 2 is 1.82 bits per heavy atom. The summed E-state index contributed by atoms with van der Waals surface area (Å²) < 4.78 is 5.36. The second-order valence-electron chi connectivity index (χ2n) is 3.52. The monoisotopic (exact) mass is 238 g/mol. The minimum absolute atomic E-state index is 0.0428. The predicted octanol–water partition coefficient (Wildman–Crippen LogP) is 1.56. The van der Waals surface area contributed by atoms with E-state index in [0.717, 1.165) is 0 Å². The molecule has 0 aromatic heterocycles. The van der Waals surface area contributed by atoms with Gasteiger partial charge < -0.3 is 14.9 Å². The van der Waals surface area contributed by atoms with Crippen LogP contribution in [0.2, 0.25) is 0 Å². The Hall–Kier alpha value is -2.04. The second kappa shape index (κ2) is 6.52. The SMILES string of the molecule is O=C(O)CCCOc1ccccc1CC(=O)O. The highest BCUT2D eigenvalue weighted by atomic mass is 16.5. The van der Waals surface area contributed by atoms with Crippen LogP contribution in [0.15, 0.2) is 24.3 Å². The van der Waals surface area contributed by atoms with Gasteiger partial charge in [0.1, 0.15) is 5.75 Å². The summed E-state index contributed by atoms with van der Waals surface area (Å²) in [5.41, 5.74) is 0.593. The summed E-state index contributed by atoms with van der Waals surface area (Å²) in [6.45, 7) is 0.267. The summed E-state index contributed by atoms with van der Waals surface area (Å²) in [7, 11) is 0. The Kier molecular flexibility index (Phi) is 5.00. The van der Waals surface area contributed by atoms with Gasteiger partial charge in [0, 0.05) is 12.0 Å². The standard InChI is InChI=1S/C12H14O5/c13-11(14)6-3-7-17-10-5-2-1-4-9(10)8-12(15)16/h1-2,4-5H,3,6-8H2,(H,13,14)(H,15,16). The summed E-state index contributed by atoms with van der Waals surface area (Å²) in [6, 6.07) is 6.85. The smallest absolute Gasteiger partial charge is 0.307 e. The molecular formula is C12H14O5. The Balaban J connectivity index is 2.51. The van der Waals surface area contributed by atoms with Gasteiger partial charge in [-0.2, -0.15) is 0 Å². The van der Waals surface area contributed by atoms with Crippen LogP contribution in [-0.2, 0) is 16.0 Å². The third kappa shape index (κ3) is 5.01. The Bertz CT molecular complexity index is 400. The average molecular weight is 238 g/mol. The molecule has 17 heavy (non-hydrogen) atoms. The van der Waals surface area contributed by atoms with E-state index in [9.17, 15) is 9.59 Å². The third-order valence-corrected chi connectivity index (χ3v) is 2.11. The number of para-hydroxylation sites is 1. The molecule has 0 fully saturated rings. The summed E-state index contributed by atoms with van der Waals surface area (Å²) >= 11 is 0. The molecule has 0 radical (unpaired) electrons. The third-order valence-electron chi connectivity index (χ3n) is 2.11. The maximum Gasteiger partial charge on any atom is 0.307 e. The van der Waals surface area contributed by atoms with Crippen molar-refractivity contribution in [2.24, 2.45) is 0 Å². The van der Waals surface area contributed by atoms with Crippen LogP contribution < -0.4 is 4.74 Å². The number of hydrogen-bond acceptors (Lipinski definition) is 3. The first-order valence-corrected chi connectivity index (χ1v) is 5.24. The van der Waals surface area contributed by atoms with Crippen LogP contribution >= 0.6 is 0 Å². The summed E-state index contributed by atoms with van der Waals surface area (Å²) in [6.07, 6.45) is 0.340. The highest BCUT2D eigenvalue weighted by Gasteiger charge is 2.07. The average Bonchev–Trinajstić information content (AvgIpc) is 2.25. The molecule has 0 aliphatic carbocycles. The van der Waals surface area contributed by atoms with Crippen molar-refractivity contribution in [1.29, 1.82) is 0 Å². The molecule has 92 valence electrons. The van der Waals surface area contributed by atoms with Gasteiger partial charge in [0.25, 0.3) is 0 Å². The Morgan fingerprint density at radius 1 is 1.12 bits per heavy atom. The van der Waals surface area contributed by atoms with Gasteiger partial charge >= 0.3 is 11.9 Å². The van der Waals surface area contributed by atoms with E-state index in [1.165, 1.54) is 0 Å². The van der Waals surface area contributed by atoms with Crippen LogP contribution in [0.25, 0.3) is 0 Å². The van der Waals surface area contributed by atoms with Crippen molar-refractivity contribution in [3.8, 4) is 5.75 Å². The normalized spacial score (nSPS) is 9.88. The molecule has 1 aromatic carbocycles. The molecule has 0 heterocycles. The van der Waals surface area contributed by atoms with E-state index in [1.807, 2.05) is 0 Å². The first-order chi connectivity index (χ1) is 8.09. The van der Waals surface area contributed by atoms with E-state index < -0.39 is 11.9 Å². The van der Waals surface area contributed by atoms with Gasteiger partial charge in [-0.05, 0) is 12.5 Å². The number of benzene rings is 1. The molecule has 5 nitrogen and oxygen atoms in total. The maximum absolute atomic E-state index is 10.6. The van der Waals surface area contributed by atoms with E-state index in [-0.39, 0.29) is 19.4 Å². The largest absolute Gasteiger partial charge is 0.493 e. The fourth-order valence-electron chi connectivity index (χ4n) is 1.36. The first kappa shape index (κ1) is 13.0. The zero-order chi connectivity index (χ0) is 12.7. The van der Waals surface area contributed by atoms with Gasteiger partial charge in [-0.3, -0.25) is 9.59 Å². The minimum Gasteiger partial charge on any atom is -0.493 e. The minimum atomic E-state index is -0.924. The van der Waals surface area contributed by atoms with Crippen molar-refractivity contribution in [2.45, 2.75) is 19.3 Å².